The van der Waals surface area contributed by atoms with Crippen LogP contribution >= 0.6 is 11.3 Å². The molecule has 0 unspecified atom stereocenters. The average molecular weight is 289 g/mol. The predicted octanol–water partition coefficient (Wildman–Crippen LogP) is 3.19. The molecule has 0 aliphatic carbocycles. The Hall–Kier alpha value is -2.08. The minimum atomic E-state index is -0.332. The summed E-state index contributed by atoms with van der Waals surface area (Å²) in [4.78, 5) is 17.2. The topological polar surface area (TPSA) is 74.1 Å². The fourth-order valence-corrected chi connectivity index (χ4v) is 3.07. The standard InChI is InChI=1S/C14H15N3O2S/c1-7(2)17-10-5-4-9(6-11(10)19-14(17)18)12-8(3)20-13(15)16-12/h4-7H,1-3H3,(H2,15,16). The van der Waals surface area contributed by atoms with Crippen molar-refractivity contribution in [2.24, 2.45) is 0 Å². The number of fused-ring (bicyclic) bond motifs is 1. The molecule has 104 valence electrons. The third-order valence-electron chi connectivity index (χ3n) is 3.22. The minimum absolute atomic E-state index is 0.0613. The highest BCUT2D eigenvalue weighted by molar-refractivity contribution is 7.15. The summed E-state index contributed by atoms with van der Waals surface area (Å²) in [6, 6.07) is 5.74. The van der Waals surface area contributed by atoms with Crippen molar-refractivity contribution >= 4 is 27.6 Å². The summed E-state index contributed by atoms with van der Waals surface area (Å²) in [7, 11) is 0. The molecule has 0 radical (unpaired) electrons. The Labute approximate surface area is 119 Å². The van der Waals surface area contributed by atoms with E-state index in [4.69, 9.17) is 10.2 Å². The third-order valence-corrected chi connectivity index (χ3v) is 4.02. The molecule has 0 aliphatic rings. The molecular weight excluding hydrogens is 274 g/mol. The Bertz CT molecular complexity index is 842. The molecule has 3 rings (SSSR count). The molecule has 3 aromatic rings. The number of hydrogen-bond donors (Lipinski definition) is 1. The zero-order valence-corrected chi connectivity index (χ0v) is 12.3. The number of thiazole rings is 1. The van der Waals surface area contributed by atoms with E-state index >= 15 is 0 Å². The van der Waals surface area contributed by atoms with Crippen LogP contribution in [0.5, 0.6) is 0 Å². The molecule has 0 saturated heterocycles. The smallest absolute Gasteiger partial charge is 0.408 e. The first-order valence-electron chi connectivity index (χ1n) is 6.35. The SMILES string of the molecule is Cc1sc(N)nc1-c1ccc2c(c1)oc(=O)n2C(C)C. The van der Waals surface area contributed by atoms with Gasteiger partial charge in [0.1, 0.15) is 0 Å². The number of oxazole rings is 1. The molecule has 6 heteroatoms. The van der Waals surface area contributed by atoms with Crippen molar-refractivity contribution in [1.29, 1.82) is 0 Å². The lowest BCUT2D eigenvalue weighted by Gasteiger charge is -2.05. The number of nitrogens with two attached hydrogens (primary N) is 1. The van der Waals surface area contributed by atoms with Gasteiger partial charge in [-0.05, 0) is 32.9 Å². The maximum atomic E-state index is 11.9. The molecular formula is C14H15N3O2S. The second kappa shape index (κ2) is 4.49. The van der Waals surface area contributed by atoms with Gasteiger partial charge in [-0.2, -0.15) is 0 Å². The fourth-order valence-electron chi connectivity index (χ4n) is 2.36. The second-order valence-corrected chi connectivity index (χ2v) is 6.21. The first kappa shape index (κ1) is 12.9. The van der Waals surface area contributed by atoms with E-state index in [-0.39, 0.29) is 11.8 Å². The van der Waals surface area contributed by atoms with E-state index in [0.717, 1.165) is 21.7 Å². The van der Waals surface area contributed by atoms with Crippen LogP contribution in [0.3, 0.4) is 0 Å². The second-order valence-electron chi connectivity index (χ2n) is 4.97. The van der Waals surface area contributed by atoms with E-state index in [1.807, 2.05) is 39.0 Å². The van der Waals surface area contributed by atoms with Crippen LogP contribution in [0.2, 0.25) is 0 Å². The number of aryl methyl sites for hydroxylation is 1. The lowest BCUT2D eigenvalue weighted by Crippen LogP contribution is -2.15. The first-order chi connectivity index (χ1) is 9.47. The van der Waals surface area contributed by atoms with Gasteiger partial charge in [-0.15, -0.1) is 11.3 Å². The zero-order chi connectivity index (χ0) is 14.4. The number of rotatable bonds is 2. The van der Waals surface area contributed by atoms with Crippen LogP contribution in [0.4, 0.5) is 5.13 Å². The lowest BCUT2D eigenvalue weighted by molar-refractivity contribution is 0.478. The normalized spacial score (nSPS) is 11.6. The van der Waals surface area contributed by atoms with Gasteiger partial charge < -0.3 is 10.2 Å². The number of nitrogen functional groups attached to an aromatic ring is 1. The number of benzene rings is 1. The highest BCUT2D eigenvalue weighted by atomic mass is 32.1. The first-order valence-corrected chi connectivity index (χ1v) is 7.17. The lowest BCUT2D eigenvalue weighted by atomic mass is 10.1. The van der Waals surface area contributed by atoms with E-state index in [9.17, 15) is 4.79 Å². The van der Waals surface area contributed by atoms with E-state index in [0.29, 0.717) is 10.7 Å². The Morgan fingerprint density at radius 1 is 1.40 bits per heavy atom. The van der Waals surface area contributed by atoms with E-state index < -0.39 is 0 Å². The monoisotopic (exact) mass is 289 g/mol. The molecule has 1 aromatic carbocycles. The number of aromatic nitrogens is 2. The molecule has 0 fully saturated rings. The Morgan fingerprint density at radius 2 is 2.15 bits per heavy atom. The average Bonchev–Trinajstić information content (AvgIpc) is 2.86. The minimum Gasteiger partial charge on any atom is -0.408 e. The molecule has 0 saturated carbocycles. The Morgan fingerprint density at radius 3 is 2.75 bits per heavy atom. The van der Waals surface area contributed by atoms with Gasteiger partial charge in [0.25, 0.3) is 0 Å². The van der Waals surface area contributed by atoms with E-state index in [1.165, 1.54) is 11.3 Å². The van der Waals surface area contributed by atoms with Crippen LogP contribution in [-0.4, -0.2) is 9.55 Å². The van der Waals surface area contributed by atoms with Gasteiger partial charge >= 0.3 is 5.76 Å². The van der Waals surface area contributed by atoms with Gasteiger partial charge in [-0.1, -0.05) is 6.07 Å². The molecule has 20 heavy (non-hydrogen) atoms. The fraction of sp³-hybridized carbons (Fsp3) is 0.286. The van der Waals surface area contributed by atoms with Crippen molar-refractivity contribution in [2.45, 2.75) is 26.8 Å². The van der Waals surface area contributed by atoms with Crippen molar-refractivity contribution in [2.75, 3.05) is 5.73 Å². The van der Waals surface area contributed by atoms with Gasteiger partial charge in [-0.3, -0.25) is 4.57 Å². The molecule has 2 heterocycles. The predicted molar refractivity (Wildman–Crippen MR) is 81.1 cm³/mol. The van der Waals surface area contributed by atoms with Crippen LogP contribution in [0, 0.1) is 6.92 Å². The number of hydrogen-bond acceptors (Lipinski definition) is 5. The number of nitrogens with zero attached hydrogens (tertiary/aromatic N) is 2. The van der Waals surface area contributed by atoms with Crippen molar-refractivity contribution in [1.82, 2.24) is 9.55 Å². The van der Waals surface area contributed by atoms with Crippen molar-refractivity contribution < 1.29 is 4.42 Å². The Balaban J connectivity index is 2.22. The van der Waals surface area contributed by atoms with Crippen LogP contribution in [-0.2, 0) is 0 Å². The summed E-state index contributed by atoms with van der Waals surface area (Å²) in [5, 5.41) is 0.541. The summed E-state index contributed by atoms with van der Waals surface area (Å²) in [6.45, 7) is 5.88. The van der Waals surface area contributed by atoms with Gasteiger partial charge in [0.05, 0.1) is 11.2 Å². The largest absolute Gasteiger partial charge is 0.420 e. The third kappa shape index (κ3) is 1.92. The zero-order valence-electron chi connectivity index (χ0n) is 11.5. The van der Waals surface area contributed by atoms with E-state index in [2.05, 4.69) is 4.98 Å². The molecule has 0 amide bonds. The molecule has 0 atom stereocenters. The molecule has 0 aliphatic heterocycles. The molecule has 2 N–H and O–H groups in total. The quantitative estimate of drug-likeness (QED) is 0.786. The van der Waals surface area contributed by atoms with Crippen molar-refractivity contribution in [3.63, 3.8) is 0 Å². The summed E-state index contributed by atoms with van der Waals surface area (Å²) in [5.74, 6) is -0.332. The van der Waals surface area contributed by atoms with Crippen LogP contribution < -0.4 is 11.5 Å². The van der Waals surface area contributed by atoms with Gasteiger partial charge in [0.15, 0.2) is 10.7 Å². The number of anilines is 1. The molecule has 0 bridgehead atoms. The highest BCUT2D eigenvalue weighted by Gasteiger charge is 2.14. The van der Waals surface area contributed by atoms with Gasteiger partial charge in [0.2, 0.25) is 0 Å². The summed E-state index contributed by atoms with van der Waals surface area (Å²) in [6.07, 6.45) is 0. The summed E-state index contributed by atoms with van der Waals surface area (Å²) < 4.78 is 6.96. The Kier molecular flexibility index (Phi) is 2.90. The highest BCUT2D eigenvalue weighted by Crippen LogP contribution is 2.31. The molecule has 2 aromatic heterocycles. The van der Waals surface area contributed by atoms with Crippen LogP contribution in [0.1, 0.15) is 24.8 Å². The van der Waals surface area contributed by atoms with Crippen LogP contribution in [0.25, 0.3) is 22.4 Å². The van der Waals surface area contributed by atoms with Crippen molar-refractivity contribution in [3.8, 4) is 11.3 Å². The maximum Gasteiger partial charge on any atom is 0.420 e. The van der Waals surface area contributed by atoms with Crippen molar-refractivity contribution in [3.05, 3.63) is 33.6 Å². The van der Waals surface area contributed by atoms with E-state index in [1.54, 1.807) is 4.57 Å². The van der Waals surface area contributed by atoms with Gasteiger partial charge in [0, 0.05) is 16.5 Å². The molecule has 0 spiro atoms. The summed E-state index contributed by atoms with van der Waals surface area (Å²) >= 11 is 1.45. The molecule has 5 nitrogen and oxygen atoms in total. The maximum absolute atomic E-state index is 11.9. The summed E-state index contributed by atoms with van der Waals surface area (Å²) in [5.41, 5.74) is 8.86. The van der Waals surface area contributed by atoms with Gasteiger partial charge in [-0.25, -0.2) is 9.78 Å². The van der Waals surface area contributed by atoms with Crippen LogP contribution in [0.15, 0.2) is 27.4 Å².